The molecule has 2 aliphatic rings. The largest absolute Gasteiger partial charge is 0.371 e. The number of ether oxygens (including phenoxy) is 1. The first-order valence-corrected chi connectivity index (χ1v) is 10.7. The minimum atomic E-state index is -0.0276. The fraction of sp³-hybridized carbons (Fsp3) is 0.280. The monoisotopic (exact) mass is 425 g/mol. The van der Waals surface area contributed by atoms with E-state index < -0.39 is 0 Å². The van der Waals surface area contributed by atoms with Crippen LogP contribution < -0.4 is 10.2 Å². The van der Waals surface area contributed by atoms with Crippen LogP contribution in [0.4, 0.5) is 17.3 Å². The molecule has 2 aliphatic heterocycles. The van der Waals surface area contributed by atoms with Gasteiger partial charge < -0.3 is 15.0 Å². The smallest absolute Gasteiger partial charge is 0.227 e. The van der Waals surface area contributed by atoms with Gasteiger partial charge in [0.25, 0.3) is 0 Å². The van der Waals surface area contributed by atoms with Gasteiger partial charge >= 0.3 is 0 Å². The second-order valence-electron chi connectivity index (χ2n) is 8.23. The van der Waals surface area contributed by atoms with Crippen LogP contribution in [0.1, 0.15) is 29.6 Å². The lowest BCUT2D eigenvalue weighted by molar-refractivity contribution is -0.160. The van der Waals surface area contributed by atoms with E-state index in [1.54, 1.807) is 18.3 Å². The number of rotatable bonds is 7. The van der Waals surface area contributed by atoms with E-state index in [9.17, 15) is 4.79 Å². The molecule has 7 nitrogen and oxygen atoms in total. The average molecular weight is 425 g/mol. The van der Waals surface area contributed by atoms with E-state index in [1.807, 2.05) is 36.4 Å². The summed E-state index contributed by atoms with van der Waals surface area (Å²) in [5.74, 6) is 0.482. The highest BCUT2D eigenvalue weighted by atomic mass is 16.5. The number of Topliss-reactive ketones (excluding diaryl/α,β-unsaturated/α-hetero) is 1. The number of carbonyl (C=O) groups is 1. The van der Waals surface area contributed by atoms with Crippen molar-refractivity contribution in [2.75, 3.05) is 29.9 Å². The van der Waals surface area contributed by atoms with Crippen LogP contribution >= 0.6 is 0 Å². The number of benzene rings is 2. The van der Waals surface area contributed by atoms with Crippen molar-refractivity contribution < 1.29 is 9.53 Å². The van der Waals surface area contributed by atoms with Crippen LogP contribution in [0.15, 0.2) is 60.8 Å². The van der Waals surface area contributed by atoms with Crippen LogP contribution in [-0.2, 0) is 4.74 Å². The zero-order valence-corrected chi connectivity index (χ0v) is 17.6. The van der Waals surface area contributed by atoms with Gasteiger partial charge in [-0.2, -0.15) is 5.26 Å². The van der Waals surface area contributed by atoms with Gasteiger partial charge in [-0.25, -0.2) is 9.97 Å². The summed E-state index contributed by atoms with van der Waals surface area (Å²) < 4.78 is 5.69. The highest BCUT2D eigenvalue weighted by Gasteiger charge is 2.49. The standard InChI is InChI=1S/C25H23N5O2/c26-13-1-2-23(31)19-5-3-18(4-6-19)22-11-14-27-24(29-22)28-20-7-9-21(10-8-20)30-16-25(17-30)12-15-32-25/h3-11,14H,1-2,12,15-17H2,(H,27,28,29). The Hall–Kier alpha value is -3.76. The van der Waals surface area contributed by atoms with Gasteiger partial charge in [0.1, 0.15) is 5.60 Å². The van der Waals surface area contributed by atoms with Gasteiger partial charge in [0, 0.05) is 61.1 Å². The molecule has 0 radical (unpaired) electrons. The molecule has 0 amide bonds. The Morgan fingerprint density at radius 1 is 1.12 bits per heavy atom. The number of anilines is 3. The molecule has 0 unspecified atom stereocenters. The average Bonchev–Trinajstić information content (AvgIpc) is 2.77. The normalized spacial score (nSPS) is 16.0. The van der Waals surface area contributed by atoms with E-state index in [2.05, 4.69) is 32.3 Å². The van der Waals surface area contributed by atoms with Crippen molar-refractivity contribution in [2.24, 2.45) is 0 Å². The summed E-state index contributed by atoms with van der Waals surface area (Å²) in [6, 6.07) is 19.4. The number of nitriles is 1. The van der Waals surface area contributed by atoms with Gasteiger partial charge in [-0.05, 0) is 30.3 Å². The van der Waals surface area contributed by atoms with E-state index in [0.717, 1.165) is 43.1 Å². The zero-order chi connectivity index (χ0) is 22.0. The number of carbonyl (C=O) groups excluding carboxylic acids is 1. The summed E-state index contributed by atoms with van der Waals surface area (Å²) in [6.45, 7) is 2.82. The Labute approximate surface area is 186 Å². The van der Waals surface area contributed by atoms with Gasteiger partial charge in [-0.1, -0.05) is 24.3 Å². The lowest BCUT2D eigenvalue weighted by atomic mass is 9.86. The summed E-state index contributed by atoms with van der Waals surface area (Å²) in [6.07, 6.45) is 3.35. The third-order valence-corrected chi connectivity index (χ3v) is 6.03. The van der Waals surface area contributed by atoms with Gasteiger partial charge in [0.2, 0.25) is 5.95 Å². The Bertz CT molecular complexity index is 1160. The molecule has 2 saturated heterocycles. The molecule has 32 heavy (non-hydrogen) atoms. The molecule has 160 valence electrons. The lowest BCUT2D eigenvalue weighted by Crippen LogP contribution is -2.68. The van der Waals surface area contributed by atoms with Crippen molar-refractivity contribution in [2.45, 2.75) is 24.9 Å². The summed E-state index contributed by atoms with van der Waals surface area (Å²) in [7, 11) is 0. The second-order valence-corrected chi connectivity index (χ2v) is 8.23. The Morgan fingerprint density at radius 2 is 1.88 bits per heavy atom. The van der Waals surface area contributed by atoms with Crippen LogP contribution in [0.25, 0.3) is 11.3 Å². The van der Waals surface area contributed by atoms with Crippen molar-refractivity contribution in [3.63, 3.8) is 0 Å². The minimum Gasteiger partial charge on any atom is -0.371 e. The highest BCUT2D eigenvalue weighted by molar-refractivity contribution is 5.96. The fourth-order valence-corrected chi connectivity index (χ4v) is 4.08. The molecule has 0 aliphatic carbocycles. The molecule has 1 spiro atoms. The van der Waals surface area contributed by atoms with E-state index in [0.29, 0.717) is 11.5 Å². The number of ketones is 1. The Balaban J connectivity index is 1.23. The number of aromatic nitrogens is 2. The van der Waals surface area contributed by atoms with Gasteiger partial charge in [-0.3, -0.25) is 4.79 Å². The van der Waals surface area contributed by atoms with Gasteiger partial charge in [-0.15, -0.1) is 0 Å². The van der Waals surface area contributed by atoms with E-state index in [-0.39, 0.29) is 24.2 Å². The molecule has 1 aromatic heterocycles. The van der Waals surface area contributed by atoms with Crippen molar-refractivity contribution in [1.29, 1.82) is 5.26 Å². The van der Waals surface area contributed by atoms with Gasteiger partial charge in [0.15, 0.2) is 5.78 Å². The lowest BCUT2D eigenvalue weighted by Gasteiger charge is -2.56. The molecule has 0 atom stereocenters. The van der Waals surface area contributed by atoms with Crippen molar-refractivity contribution >= 4 is 23.1 Å². The van der Waals surface area contributed by atoms with Crippen molar-refractivity contribution in [1.82, 2.24) is 9.97 Å². The molecule has 1 N–H and O–H groups in total. The van der Waals surface area contributed by atoms with Crippen molar-refractivity contribution in [3.05, 3.63) is 66.4 Å². The Kier molecular flexibility index (Phi) is 5.29. The number of hydrogen-bond acceptors (Lipinski definition) is 7. The zero-order valence-electron chi connectivity index (χ0n) is 17.6. The molecule has 2 aromatic carbocycles. The summed E-state index contributed by atoms with van der Waals surface area (Å²) in [4.78, 5) is 23.3. The predicted octanol–water partition coefficient (Wildman–Crippen LogP) is 4.35. The highest BCUT2D eigenvalue weighted by Crippen LogP contribution is 2.38. The van der Waals surface area contributed by atoms with Crippen LogP contribution in [0.2, 0.25) is 0 Å². The maximum atomic E-state index is 12.1. The third-order valence-electron chi connectivity index (χ3n) is 6.03. The molecule has 0 saturated carbocycles. The van der Waals surface area contributed by atoms with E-state index in [1.165, 1.54) is 5.69 Å². The molecule has 3 heterocycles. The topological polar surface area (TPSA) is 91.1 Å². The summed E-state index contributed by atoms with van der Waals surface area (Å²) in [5.41, 5.74) is 4.49. The van der Waals surface area contributed by atoms with E-state index >= 15 is 0 Å². The molecule has 5 rings (SSSR count). The molecule has 2 fully saturated rings. The van der Waals surface area contributed by atoms with Gasteiger partial charge in [0.05, 0.1) is 18.4 Å². The van der Waals surface area contributed by atoms with Crippen LogP contribution in [-0.4, -0.2) is 41.0 Å². The first kappa shape index (κ1) is 20.2. The van der Waals surface area contributed by atoms with Crippen molar-refractivity contribution in [3.8, 4) is 17.3 Å². The molecule has 0 bridgehead atoms. The third kappa shape index (κ3) is 4.05. The first-order valence-electron chi connectivity index (χ1n) is 10.7. The molecular weight excluding hydrogens is 402 g/mol. The maximum Gasteiger partial charge on any atom is 0.227 e. The van der Waals surface area contributed by atoms with Crippen LogP contribution in [0, 0.1) is 11.3 Å². The first-order chi connectivity index (χ1) is 15.6. The molecule has 7 heteroatoms. The quantitative estimate of drug-likeness (QED) is 0.563. The fourth-order valence-electron chi connectivity index (χ4n) is 4.08. The van der Waals surface area contributed by atoms with E-state index in [4.69, 9.17) is 10.00 Å². The molecular formula is C25H23N5O2. The SMILES string of the molecule is N#CCCC(=O)c1ccc(-c2ccnc(Nc3ccc(N4CC5(CCO5)C4)cc3)n2)cc1. The van der Waals surface area contributed by atoms with Crippen LogP contribution in [0.5, 0.6) is 0 Å². The number of nitrogens with zero attached hydrogens (tertiary/aromatic N) is 4. The summed E-state index contributed by atoms with van der Waals surface area (Å²) >= 11 is 0. The molecule has 3 aromatic rings. The summed E-state index contributed by atoms with van der Waals surface area (Å²) in [5, 5.41) is 11.9. The Morgan fingerprint density at radius 3 is 2.53 bits per heavy atom. The van der Waals surface area contributed by atoms with Crippen LogP contribution in [0.3, 0.4) is 0 Å². The maximum absolute atomic E-state index is 12.1. The predicted molar refractivity (Wildman–Crippen MR) is 122 cm³/mol. The number of hydrogen-bond donors (Lipinski definition) is 1. The second kappa shape index (κ2) is 8.40. The minimum absolute atomic E-state index is 0.0276. The number of nitrogens with one attached hydrogen (secondary N) is 1.